The van der Waals surface area contributed by atoms with Crippen LogP contribution in [0, 0.1) is 0 Å². The van der Waals surface area contributed by atoms with E-state index in [2.05, 4.69) is 10.2 Å². The SMILES string of the molecule is FC(F)(F)CC(NCCCN1CCCC1)c1ccccc1. The maximum Gasteiger partial charge on any atom is 0.390 e. The van der Waals surface area contributed by atoms with Gasteiger partial charge >= 0.3 is 6.18 Å². The third kappa shape index (κ3) is 6.06. The molecule has 0 aromatic heterocycles. The Kier molecular flexibility index (Phi) is 6.06. The molecule has 1 atom stereocenters. The summed E-state index contributed by atoms with van der Waals surface area (Å²) >= 11 is 0. The van der Waals surface area contributed by atoms with E-state index >= 15 is 0 Å². The molecule has 21 heavy (non-hydrogen) atoms. The van der Waals surface area contributed by atoms with Gasteiger partial charge in [-0.05, 0) is 51.0 Å². The highest BCUT2D eigenvalue weighted by molar-refractivity contribution is 5.19. The lowest BCUT2D eigenvalue weighted by atomic mass is 10.0. The Hall–Kier alpha value is -1.07. The van der Waals surface area contributed by atoms with Gasteiger partial charge in [0.05, 0.1) is 6.42 Å². The molecule has 0 bridgehead atoms. The molecule has 1 aliphatic heterocycles. The summed E-state index contributed by atoms with van der Waals surface area (Å²) in [6.45, 7) is 3.85. The van der Waals surface area contributed by atoms with Crippen molar-refractivity contribution in [2.24, 2.45) is 0 Å². The van der Waals surface area contributed by atoms with E-state index in [1.807, 2.05) is 6.07 Å². The van der Waals surface area contributed by atoms with Crippen LogP contribution in [0.5, 0.6) is 0 Å². The van der Waals surface area contributed by atoms with Crippen LogP contribution in [-0.2, 0) is 0 Å². The van der Waals surface area contributed by atoms with Crippen LogP contribution in [0.1, 0.15) is 37.3 Å². The van der Waals surface area contributed by atoms with Gasteiger partial charge in [0.1, 0.15) is 0 Å². The molecule has 0 amide bonds. The van der Waals surface area contributed by atoms with Gasteiger partial charge in [0.2, 0.25) is 0 Å². The summed E-state index contributed by atoms with van der Waals surface area (Å²) in [4.78, 5) is 2.38. The molecule has 1 aliphatic rings. The fraction of sp³-hybridized carbons (Fsp3) is 0.625. The van der Waals surface area contributed by atoms with Gasteiger partial charge in [-0.25, -0.2) is 0 Å². The molecule has 0 spiro atoms. The smallest absolute Gasteiger partial charge is 0.310 e. The van der Waals surface area contributed by atoms with E-state index in [4.69, 9.17) is 0 Å². The first-order valence-corrected chi connectivity index (χ1v) is 7.62. The lowest BCUT2D eigenvalue weighted by Gasteiger charge is -2.22. The number of likely N-dealkylation sites (tertiary alicyclic amines) is 1. The Labute approximate surface area is 124 Å². The second-order valence-electron chi connectivity index (χ2n) is 5.64. The molecule has 1 unspecified atom stereocenters. The fourth-order valence-electron chi connectivity index (χ4n) is 2.81. The van der Waals surface area contributed by atoms with Gasteiger partial charge in [0, 0.05) is 6.04 Å². The van der Waals surface area contributed by atoms with E-state index in [-0.39, 0.29) is 0 Å². The molecule has 118 valence electrons. The molecule has 0 aliphatic carbocycles. The Bertz CT molecular complexity index is 400. The summed E-state index contributed by atoms with van der Waals surface area (Å²) in [5, 5.41) is 3.07. The van der Waals surface area contributed by atoms with Crippen LogP contribution in [0.4, 0.5) is 13.2 Å². The zero-order chi connectivity index (χ0) is 15.1. The second kappa shape index (κ2) is 7.80. The quantitative estimate of drug-likeness (QED) is 0.771. The summed E-state index contributed by atoms with van der Waals surface area (Å²) in [5.74, 6) is 0. The summed E-state index contributed by atoms with van der Waals surface area (Å²) in [6, 6.07) is 8.25. The second-order valence-corrected chi connectivity index (χ2v) is 5.64. The highest BCUT2D eigenvalue weighted by Gasteiger charge is 2.32. The van der Waals surface area contributed by atoms with Crippen LogP contribution >= 0.6 is 0 Å². The molecular weight excluding hydrogens is 277 g/mol. The summed E-state index contributed by atoms with van der Waals surface area (Å²) in [5.41, 5.74) is 0.705. The molecule has 1 fully saturated rings. The molecule has 1 N–H and O–H groups in total. The van der Waals surface area contributed by atoms with Crippen LogP contribution in [0.3, 0.4) is 0 Å². The highest BCUT2D eigenvalue weighted by Crippen LogP contribution is 2.29. The minimum absolute atomic E-state index is 0.617. The van der Waals surface area contributed by atoms with Gasteiger partial charge in [0.25, 0.3) is 0 Å². The first-order chi connectivity index (χ1) is 10.0. The van der Waals surface area contributed by atoms with Crippen LogP contribution < -0.4 is 5.32 Å². The predicted octanol–water partition coefficient (Wildman–Crippen LogP) is 3.76. The maximum atomic E-state index is 12.7. The van der Waals surface area contributed by atoms with Gasteiger partial charge in [-0.1, -0.05) is 30.3 Å². The number of alkyl halides is 3. The van der Waals surface area contributed by atoms with Crippen molar-refractivity contribution in [2.75, 3.05) is 26.2 Å². The normalized spacial score (nSPS) is 18.0. The zero-order valence-electron chi connectivity index (χ0n) is 12.2. The Morgan fingerprint density at radius 3 is 2.38 bits per heavy atom. The van der Waals surface area contributed by atoms with Crippen LogP contribution in [0.25, 0.3) is 0 Å². The number of rotatable bonds is 7. The number of nitrogens with one attached hydrogen (secondary N) is 1. The molecule has 1 saturated heterocycles. The van der Waals surface area contributed by atoms with Crippen molar-refractivity contribution in [3.05, 3.63) is 35.9 Å². The molecule has 2 rings (SSSR count). The molecule has 1 heterocycles. The minimum Gasteiger partial charge on any atom is -0.310 e. The van der Waals surface area contributed by atoms with E-state index in [0.29, 0.717) is 12.1 Å². The summed E-state index contributed by atoms with van der Waals surface area (Å²) in [7, 11) is 0. The number of benzene rings is 1. The fourth-order valence-corrected chi connectivity index (χ4v) is 2.81. The Balaban J connectivity index is 1.81. The molecule has 1 aromatic carbocycles. The lowest BCUT2D eigenvalue weighted by molar-refractivity contribution is -0.140. The lowest BCUT2D eigenvalue weighted by Crippen LogP contribution is -2.30. The monoisotopic (exact) mass is 300 g/mol. The number of halogens is 3. The average Bonchev–Trinajstić information content (AvgIpc) is 2.95. The van der Waals surface area contributed by atoms with Crippen molar-refractivity contribution in [1.82, 2.24) is 10.2 Å². The molecular formula is C16H23F3N2. The number of nitrogens with zero attached hydrogens (tertiary/aromatic N) is 1. The first-order valence-electron chi connectivity index (χ1n) is 7.62. The predicted molar refractivity (Wildman–Crippen MR) is 78.1 cm³/mol. The van der Waals surface area contributed by atoms with Gasteiger partial charge in [-0.15, -0.1) is 0 Å². The standard InChI is InChI=1S/C16H23F3N2/c17-16(18,19)13-15(14-7-2-1-3-8-14)20-9-6-12-21-10-4-5-11-21/h1-3,7-8,15,20H,4-6,9-13H2. The van der Waals surface area contributed by atoms with Crippen molar-refractivity contribution in [2.45, 2.75) is 37.9 Å². The van der Waals surface area contributed by atoms with E-state index in [1.54, 1.807) is 24.3 Å². The Morgan fingerprint density at radius 1 is 1.10 bits per heavy atom. The molecule has 0 radical (unpaired) electrons. The third-order valence-electron chi connectivity index (χ3n) is 3.88. The third-order valence-corrected chi connectivity index (χ3v) is 3.88. The van der Waals surface area contributed by atoms with E-state index in [0.717, 1.165) is 26.1 Å². The largest absolute Gasteiger partial charge is 0.390 e. The van der Waals surface area contributed by atoms with Crippen molar-refractivity contribution >= 4 is 0 Å². The number of hydrogen-bond donors (Lipinski definition) is 1. The van der Waals surface area contributed by atoms with Gasteiger partial charge in [-0.2, -0.15) is 13.2 Å². The number of hydrogen-bond acceptors (Lipinski definition) is 2. The van der Waals surface area contributed by atoms with E-state index < -0.39 is 18.6 Å². The zero-order valence-corrected chi connectivity index (χ0v) is 12.2. The molecule has 5 heteroatoms. The van der Waals surface area contributed by atoms with Crippen molar-refractivity contribution in [3.8, 4) is 0 Å². The van der Waals surface area contributed by atoms with Crippen LogP contribution in [0.15, 0.2) is 30.3 Å². The minimum atomic E-state index is -4.15. The van der Waals surface area contributed by atoms with E-state index in [1.165, 1.54) is 12.8 Å². The molecule has 0 saturated carbocycles. The van der Waals surface area contributed by atoms with Gasteiger partial charge in [-0.3, -0.25) is 0 Å². The van der Waals surface area contributed by atoms with E-state index in [9.17, 15) is 13.2 Å². The Morgan fingerprint density at radius 2 is 1.76 bits per heavy atom. The highest BCUT2D eigenvalue weighted by atomic mass is 19.4. The maximum absolute atomic E-state index is 12.7. The van der Waals surface area contributed by atoms with Crippen molar-refractivity contribution in [1.29, 1.82) is 0 Å². The van der Waals surface area contributed by atoms with Gasteiger partial charge < -0.3 is 10.2 Å². The molecule has 1 aromatic rings. The average molecular weight is 300 g/mol. The van der Waals surface area contributed by atoms with Crippen molar-refractivity contribution < 1.29 is 13.2 Å². The molecule has 2 nitrogen and oxygen atoms in total. The van der Waals surface area contributed by atoms with Gasteiger partial charge in [0.15, 0.2) is 0 Å². The topological polar surface area (TPSA) is 15.3 Å². The first kappa shape index (κ1) is 16.3. The van der Waals surface area contributed by atoms with Crippen LogP contribution in [0.2, 0.25) is 0 Å². The summed E-state index contributed by atoms with van der Waals surface area (Å²) < 4.78 is 38.1. The van der Waals surface area contributed by atoms with Crippen molar-refractivity contribution in [3.63, 3.8) is 0 Å². The van der Waals surface area contributed by atoms with Crippen LogP contribution in [-0.4, -0.2) is 37.3 Å². The summed E-state index contributed by atoms with van der Waals surface area (Å²) in [6.07, 6.45) is -1.59.